The van der Waals surface area contributed by atoms with E-state index in [2.05, 4.69) is 15.0 Å². The summed E-state index contributed by atoms with van der Waals surface area (Å²) in [6, 6.07) is 2.17. The van der Waals surface area contributed by atoms with Crippen molar-refractivity contribution in [2.24, 2.45) is 5.92 Å². The van der Waals surface area contributed by atoms with Crippen molar-refractivity contribution in [1.82, 2.24) is 20.1 Å². The fourth-order valence-corrected chi connectivity index (χ4v) is 4.89. The van der Waals surface area contributed by atoms with Crippen molar-refractivity contribution in [3.8, 4) is 0 Å². The molecule has 2 saturated heterocycles. The molecule has 2 fully saturated rings. The third-order valence-corrected chi connectivity index (χ3v) is 6.91. The van der Waals surface area contributed by atoms with E-state index in [1.807, 2.05) is 25.7 Å². The molecule has 1 aromatic rings. The van der Waals surface area contributed by atoms with Crippen LogP contribution < -0.4 is 10.2 Å². The van der Waals surface area contributed by atoms with Gasteiger partial charge in [0, 0.05) is 38.3 Å². The van der Waals surface area contributed by atoms with Crippen molar-refractivity contribution in [2.75, 3.05) is 38.2 Å². The van der Waals surface area contributed by atoms with Crippen molar-refractivity contribution in [3.05, 3.63) is 28.4 Å². The Labute approximate surface area is 204 Å². The number of carbonyl (C=O) groups is 3. The number of carbonyl (C=O) groups excluding carboxylic acids is 3. The van der Waals surface area contributed by atoms with Gasteiger partial charge in [-0.15, -0.1) is 0 Å². The predicted octanol–water partition coefficient (Wildman–Crippen LogP) is 1.79. The normalized spacial score (nSPS) is 23.3. The topological polar surface area (TPSA) is 138 Å². The fourth-order valence-electron chi connectivity index (χ4n) is 4.89. The number of ether oxygens (including phenoxy) is 1. The minimum atomic E-state index is -1.00. The number of methoxy groups -OCH3 is 1. The van der Waals surface area contributed by atoms with E-state index in [0.29, 0.717) is 44.8 Å². The number of piperazine rings is 1. The van der Waals surface area contributed by atoms with Gasteiger partial charge in [0.2, 0.25) is 11.8 Å². The number of nitrogens with zero attached hydrogens (tertiary/aromatic N) is 5. The van der Waals surface area contributed by atoms with Crippen LogP contribution in [0.4, 0.5) is 16.3 Å². The van der Waals surface area contributed by atoms with Gasteiger partial charge in [-0.25, -0.2) is 9.78 Å². The number of hydrogen-bond donors (Lipinski definition) is 1. The van der Waals surface area contributed by atoms with E-state index in [0.717, 1.165) is 0 Å². The predicted molar refractivity (Wildman–Crippen MR) is 128 cm³/mol. The maximum atomic E-state index is 13.7. The van der Waals surface area contributed by atoms with Gasteiger partial charge in [-0.3, -0.25) is 19.7 Å². The zero-order chi connectivity index (χ0) is 25.9. The van der Waals surface area contributed by atoms with Crippen molar-refractivity contribution in [2.45, 2.75) is 58.2 Å². The number of amides is 3. The summed E-state index contributed by atoms with van der Waals surface area (Å²) in [7, 11) is 1.24. The molecule has 192 valence electrons. The summed E-state index contributed by atoms with van der Waals surface area (Å²) < 4.78 is 4.68. The molecule has 0 bridgehead atoms. The summed E-state index contributed by atoms with van der Waals surface area (Å²) >= 11 is 0. The summed E-state index contributed by atoms with van der Waals surface area (Å²) in [6.07, 6.45) is 1.78. The largest absolute Gasteiger partial charge is 0.453 e. The van der Waals surface area contributed by atoms with E-state index >= 15 is 0 Å². The Bertz CT molecular complexity index is 970. The van der Waals surface area contributed by atoms with E-state index in [4.69, 9.17) is 0 Å². The Morgan fingerprint density at radius 2 is 1.97 bits per heavy atom. The van der Waals surface area contributed by atoms with E-state index in [1.165, 1.54) is 19.4 Å². The lowest BCUT2D eigenvalue weighted by molar-refractivity contribution is -0.385. The van der Waals surface area contributed by atoms with Crippen LogP contribution in [0.25, 0.3) is 0 Å². The van der Waals surface area contributed by atoms with Crippen LogP contribution in [0.1, 0.15) is 40.5 Å². The van der Waals surface area contributed by atoms with Gasteiger partial charge < -0.3 is 24.8 Å². The third kappa shape index (κ3) is 5.30. The molecule has 35 heavy (non-hydrogen) atoms. The number of aromatic nitrogens is 1. The van der Waals surface area contributed by atoms with Gasteiger partial charge in [-0.2, -0.15) is 0 Å². The van der Waals surface area contributed by atoms with Crippen molar-refractivity contribution in [1.29, 1.82) is 0 Å². The van der Waals surface area contributed by atoms with E-state index < -0.39 is 22.6 Å². The number of rotatable bonds is 6. The zero-order valence-corrected chi connectivity index (χ0v) is 20.9. The molecule has 0 aliphatic carbocycles. The molecule has 0 saturated carbocycles. The van der Waals surface area contributed by atoms with Crippen LogP contribution in [0.3, 0.4) is 0 Å². The van der Waals surface area contributed by atoms with Gasteiger partial charge in [0.05, 0.1) is 12.0 Å². The molecule has 0 aromatic carbocycles. The quantitative estimate of drug-likeness (QED) is 0.470. The summed E-state index contributed by atoms with van der Waals surface area (Å²) in [4.78, 5) is 59.0. The summed E-state index contributed by atoms with van der Waals surface area (Å²) in [5, 5.41) is 13.5. The monoisotopic (exact) mass is 490 g/mol. The van der Waals surface area contributed by atoms with Crippen LogP contribution in [-0.2, 0) is 14.3 Å². The number of hydrogen-bond acceptors (Lipinski definition) is 8. The van der Waals surface area contributed by atoms with Gasteiger partial charge in [0.25, 0.3) is 5.69 Å². The highest BCUT2D eigenvalue weighted by Gasteiger charge is 2.50. The van der Waals surface area contributed by atoms with Gasteiger partial charge in [-0.1, -0.05) is 13.8 Å². The van der Waals surface area contributed by atoms with Crippen LogP contribution >= 0.6 is 0 Å². The van der Waals surface area contributed by atoms with Gasteiger partial charge in [0.15, 0.2) is 0 Å². The second-order valence-corrected chi connectivity index (χ2v) is 9.65. The number of nitrogens with one attached hydrogen (secondary N) is 1. The fraction of sp³-hybridized carbons (Fsp3) is 0.652. The molecule has 3 rings (SSSR count). The first kappa shape index (κ1) is 26.2. The number of anilines is 1. The molecule has 0 spiro atoms. The number of alkyl carbamates (subject to hydrolysis) is 1. The molecule has 0 unspecified atom stereocenters. The van der Waals surface area contributed by atoms with Crippen LogP contribution in [0.5, 0.6) is 0 Å². The molecule has 3 heterocycles. The standard InChI is InChI=1S/C23H34N6O6/c1-15(2)19(25-22(32)35-5)20(30)28-10-6-9-23(28,4)21(31)26-11-12-27(16(3)14-26)18-8-7-17(13-24-18)29(33)34/h7-8,13,15-16,19H,6,9-12,14H2,1-5H3,(H,25,32)/t16-,19+,23+/m1/s1. The third-order valence-electron chi connectivity index (χ3n) is 6.91. The highest BCUT2D eigenvalue weighted by atomic mass is 16.6. The Morgan fingerprint density at radius 1 is 1.26 bits per heavy atom. The first-order valence-electron chi connectivity index (χ1n) is 11.8. The van der Waals surface area contributed by atoms with Crippen LogP contribution in [0.2, 0.25) is 0 Å². The molecule has 0 radical (unpaired) electrons. The zero-order valence-electron chi connectivity index (χ0n) is 20.9. The Kier molecular flexibility index (Phi) is 7.81. The first-order chi connectivity index (χ1) is 16.5. The van der Waals surface area contributed by atoms with Crippen molar-refractivity contribution < 1.29 is 24.0 Å². The molecule has 1 N–H and O–H groups in total. The molecule has 3 atom stereocenters. The van der Waals surface area contributed by atoms with Crippen LogP contribution in [0, 0.1) is 16.0 Å². The van der Waals surface area contributed by atoms with E-state index in [-0.39, 0.29) is 29.5 Å². The summed E-state index contributed by atoms with van der Waals surface area (Å²) in [5.41, 5.74) is -1.08. The molecule has 12 heteroatoms. The Hall–Kier alpha value is -3.44. The SMILES string of the molecule is COC(=O)N[C@H](C(=O)N1CCC[C@@]1(C)C(=O)N1CCN(c2ccc([N+](=O)[O-])cn2)[C@H](C)C1)C(C)C. The second-order valence-electron chi connectivity index (χ2n) is 9.65. The Morgan fingerprint density at radius 3 is 2.51 bits per heavy atom. The molecule has 12 nitrogen and oxygen atoms in total. The van der Waals surface area contributed by atoms with E-state index in [9.17, 15) is 24.5 Å². The maximum absolute atomic E-state index is 13.7. The number of pyridine rings is 1. The maximum Gasteiger partial charge on any atom is 0.407 e. The lowest BCUT2D eigenvalue weighted by Gasteiger charge is -2.45. The number of nitro groups is 1. The number of likely N-dealkylation sites (tertiary alicyclic amines) is 1. The second kappa shape index (κ2) is 10.4. The molecular formula is C23H34N6O6. The lowest BCUT2D eigenvalue weighted by atomic mass is 9.93. The smallest absolute Gasteiger partial charge is 0.407 e. The molecule has 2 aliphatic heterocycles. The minimum Gasteiger partial charge on any atom is -0.453 e. The van der Waals surface area contributed by atoms with Crippen molar-refractivity contribution >= 4 is 29.4 Å². The van der Waals surface area contributed by atoms with Crippen LogP contribution in [0.15, 0.2) is 18.3 Å². The van der Waals surface area contributed by atoms with Gasteiger partial charge >= 0.3 is 6.09 Å². The molecular weight excluding hydrogens is 456 g/mol. The van der Waals surface area contributed by atoms with E-state index in [1.54, 1.807) is 22.8 Å². The average molecular weight is 491 g/mol. The molecule has 3 amide bonds. The lowest BCUT2D eigenvalue weighted by Crippen LogP contribution is -2.64. The molecule has 1 aromatic heterocycles. The van der Waals surface area contributed by atoms with Crippen LogP contribution in [-0.4, -0.2) is 88.5 Å². The Balaban J connectivity index is 1.72. The highest BCUT2D eigenvalue weighted by Crippen LogP contribution is 2.33. The summed E-state index contributed by atoms with van der Waals surface area (Å²) in [5.74, 6) is 0.0275. The van der Waals surface area contributed by atoms with Crippen molar-refractivity contribution in [3.63, 3.8) is 0 Å². The van der Waals surface area contributed by atoms with Gasteiger partial charge in [0.1, 0.15) is 23.6 Å². The molecule has 2 aliphatic rings. The first-order valence-corrected chi connectivity index (χ1v) is 11.8. The van der Waals surface area contributed by atoms with Gasteiger partial charge in [-0.05, 0) is 38.7 Å². The highest BCUT2D eigenvalue weighted by molar-refractivity contribution is 5.94. The average Bonchev–Trinajstić information content (AvgIpc) is 3.23. The summed E-state index contributed by atoms with van der Waals surface area (Å²) in [6.45, 7) is 9.26. The minimum absolute atomic E-state index is 0.0692.